The zero-order valence-electron chi connectivity index (χ0n) is 8.33. The summed E-state index contributed by atoms with van der Waals surface area (Å²) in [6, 6.07) is 1.49. The maximum absolute atomic E-state index is 11.8. The average Bonchev–Trinajstić information content (AvgIpc) is 2.57. The van der Waals surface area contributed by atoms with Gasteiger partial charge in [-0.3, -0.25) is 4.79 Å². The summed E-state index contributed by atoms with van der Waals surface area (Å²) in [5.41, 5.74) is -0.777. The van der Waals surface area contributed by atoms with Crippen molar-refractivity contribution in [3.05, 3.63) is 22.6 Å². The molecule has 1 fully saturated rings. The molecule has 86 valence electrons. The fourth-order valence-corrected chi connectivity index (χ4v) is 2.08. The molecule has 1 saturated carbocycles. The summed E-state index contributed by atoms with van der Waals surface area (Å²) in [5.74, 6) is -1.41. The van der Waals surface area contributed by atoms with Gasteiger partial charge in [-0.15, -0.1) is 0 Å². The molecule has 16 heavy (non-hydrogen) atoms. The van der Waals surface area contributed by atoms with Crippen LogP contribution in [0.5, 0.6) is 0 Å². The van der Waals surface area contributed by atoms with Crippen LogP contribution < -0.4 is 5.32 Å². The zero-order valence-corrected chi connectivity index (χ0v) is 9.91. The highest BCUT2D eigenvalue weighted by atomic mass is 79.9. The number of carboxylic acids is 1. The Morgan fingerprint density at radius 2 is 2.19 bits per heavy atom. The Kier molecular flexibility index (Phi) is 2.75. The Hall–Kier alpha value is -1.30. The third-order valence-corrected chi connectivity index (χ3v) is 3.45. The number of nitrogens with one attached hydrogen (secondary N) is 1. The lowest BCUT2D eigenvalue weighted by Gasteiger charge is -2.38. The Morgan fingerprint density at radius 3 is 2.56 bits per heavy atom. The van der Waals surface area contributed by atoms with Crippen molar-refractivity contribution in [1.29, 1.82) is 0 Å². The predicted molar refractivity (Wildman–Crippen MR) is 58.1 cm³/mol. The van der Waals surface area contributed by atoms with Gasteiger partial charge in [0.15, 0.2) is 4.67 Å². The molecule has 1 aliphatic rings. The number of carboxylic acid groups (broad SMARTS) is 1. The fraction of sp³-hybridized carbons (Fsp3) is 0.400. The summed E-state index contributed by atoms with van der Waals surface area (Å²) in [4.78, 5) is 22.8. The van der Waals surface area contributed by atoms with Crippen molar-refractivity contribution in [1.82, 2.24) is 5.32 Å². The minimum absolute atomic E-state index is 0.310. The van der Waals surface area contributed by atoms with Crippen LogP contribution >= 0.6 is 15.9 Å². The molecular formula is C10H10BrNO4. The molecule has 0 spiro atoms. The van der Waals surface area contributed by atoms with E-state index in [-0.39, 0.29) is 0 Å². The molecular weight excluding hydrogens is 278 g/mol. The second-order valence-electron chi connectivity index (χ2n) is 3.80. The van der Waals surface area contributed by atoms with E-state index in [1.165, 1.54) is 12.3 Å². The van der Waals surface area contributed by atoms with Crippen molar-refractivity contribution in [2.75, 3.05) is 0 Å². The van der Waals surface area contributed by atoms with Gasteiger partial charge < -0.3 is 14.8 Å². The van der Waals surface area contributed by atoms with Gasteiger partial charge in [-0.2, -0.15) is 0 Å². The number of furan rings is 1. The molecule has 1 amide bonds. The summed E-state index contributed by atoms with van der Waals surface area (Å²) >= 11 is 3.08. The number of halogens is 1. The number of hydrogen-bond acceptors (Lipinski definition) is 3. The second-order valence-corrected chi connectivity index (χ2v) is 4.52. The van der Waals surface area contributed by atoms with Crippen LogP contribution in [-0.4, -0.2) is 22.5 Å². The third-order valence-electron chi connectivity index (χ3n) is 2.83. The van der Waals surface area contributed by atoms with E-state index in [4.69, 9.17) is 9.52 Å². The van der Waals surface area contributed by atoms with Gasteiger partial charge >= 0.3 is 5.97 Å². The van der Waals surface area contributed by atoms with E-state index >= 15 is 0 Å². The Bertz CT molecular complexity index is 436. The van der Waals surface area contributed by atoms with E-state index in [0.717, 1.165) is 6.42 Å². The van der Waals surface area contributed by atoms with Gasteiger partial charge in [-0.1, -0.05) is 0 Å². The quantitative estimate of drug-likeness (QED) is 0.888. The number of carbonyl (C=O) groups excluding carboxylic acids is 1. The molecule has 1 aromatic heterocycles. The van der Waals surface area contributed by atoms with E-state index in [1.807, 2.05) is 0 Å². The van der Waals surface area contributed by atoms with Crippen LogP contribution in [0.15, 0.2) is 21.4 Å². The molecule has 0 bridgehead atoms. The predicted octanol–water partition coefficient (Wildman–Crippen LogP) is 1.78. The largest absolute Gasteiger partial charge is 0.480 e. The van der Waals surface area contributed by atoms with Crippen molar-refractivity contribution in [2.24, 2.45) is 0 Å². The van der Waals surface area contributed by atoms with E-state index < -0.39 is 17.4 Å². The van der Waals surface area contributed by atoms with E-state index in [1.54, 1.807) is 0 Å². The van der Waals surface area contributed by atoms with Crippen LogP contribution in [-0.2, 0) is 4.79 Å². The molecule has 0 saturated heterocycles. The lowest BCUT2D eigenvalue weighted by atomic mass is 9.76. The molecule has 0 atom stereocenters. The Morgan fingerprint density at radius 1 is 1.50 bits per heavy atom. The summed E-state index contributed by atoms with van der Waals surface area (Å²) < 4.78 is 5.23. The maximum Gasteiger partial charge on any atom is 0.329 e. The minimum atomic E-state index is -1.09. The SMILES string of the molecule is O=C(NC1(C(=O)O)CCC1)c1ccoc1Br. The molecule has 6 heteroatoms. The van der Waals surface area contributed by atoms with Crippen molar-refractivity contribution >= 4 is 27.8 Å². The topological polar surface area (TPSA) is 79.5 Å². The highest BCUT2D eigenvalue weighted by molar-refractivity contribution is 9.10. The molecule has 1 heterocycles. The second kappa shape index (κ2) is 3.93. The average molecular weight is 288 g/mol. The van der Waals surface area contributed by atoms with Gasteiger partial charge in [0.05, 0.1) is 11.8 Å². The maximum atomic E-state index is 11.8. The van der Waals surface area contributed by atoms with Crippen LogP contribution in [0, 0.1) is 0 Å². The summed E-state index contributed by atoms with van der Waals surface area (Å²) in [6.45, 7) is 0. The van der Waals surface area contributed by atoms with Gasteiger partial charge in [-0.25, -0.2) is 4.79 Å². The zero-order chi connectivity index (χ0) is 11.8. The lowest BCUT2D eigenvalue weighted by molar-refractivity contribution is -0.148. The first-order valence-corrected chi connectivity index (χ1v) is 5.63. The first-order valence-electron chi connectivity index (χ1n) is 4.84. The van der Waals surface area contributed by atoms with E-state index in [9.17, 15) is 9.59 Å². The number of aliphatic carboxylic acids is 1. The van der Waals surface area contributed by atoms with E-state index in [0.29, 0.717) is 23.1 Å². The van der Waals surface area contributed by atoms with Gasteiger partial charge in [0.25, 0.3) is 5.91 Å². The molecule has 0 aliphatic heterocycles. The van der Waals surface area contributed by atoms with Crippen molar-refractivity contribution in [3.63, 3.8) is 0 Å². The Labute approximate surface area is 99.9 Å². The number of hydrogen-bond donors (Lipinski definition) is 2. The molecule has 1 aromatic rings. The first-order chi connectivity index (χ1) is 7.55. The van der Waals surface area contributed by atoms with Crippen LogP contribution in [0.3, 0.4) is 0 Å². The number of carbonyl (C=O) groups is 2. The summed E-state index contributed by atoms with van der Waals surface area (Å²) in [7, 11) is 0. The first kappa shape index (κ1) is 11.2. The van der Waals surface area contributed by atoms with Crippen LogP contribution in [0.25, 0.3) is 0 Å². The smallest absolute Gasteiger partial charge is 0.329 e. The summed E-state index contributed by atoms with van der Waals surface area (Å²) in [6.07, 6.45) is 3.14. The molecule has 5 nitrogen and oxygen atoms in total. The van der Waals surface area contributed by atoms with Crippen molar-refractivity contribution in [2.45, 2.75) is 24.8 Å². The highest BCUT2D eigenvalue weighted by Crippen LogP contribution is 2.32. The van der Waals surface area contributed by atoms with Crippen LogP contribution in [0.2, 0.25) is 0 Å². The molecule has 0 radical (unpaired) electrons. The standard InChI is InChI=1S/C10H10BrNO4/c11-7-6(2-5-16-7)8(13)12-10(9(14)15)3-1-4-10/h2,5H,1,3-4H2,(H,12,13)(H,14,15). The van der Waals surface area contributed by atoms with Crippen LogP contribution in [0.1, 0.15) is 29.6 Å². The minimum Gasteiger partial charge on any atom is -0.480 e. The van der Waals surface area contributed by atoms with Gasteiger partial charge in [0.2, 0.25) is 0 Å². The van der Waals surface area contributed by atoms with Crippen LogP contribution in [0.4, 0.5) is 0 Å². The van der Waals surface area contributed by atoms with Crippen molar-refractivity contribution in [3.8, 4) is 0 Å². The molecule has 1 aliphatic carbocycles. The van der Waals surface area contributed by atoms with Crippen molar-refractivity contribution < 1.29 is 19.1 Å². The number of amides is 1. The summed E-state index contributed by atoms with van der Waals surface area (Å²) in [5, 5.41) is 11.6. The molecule has 2 rings (SSSR count). The van der Waals surface area contributed by atoms with Gasteiger partial charge in [-0.05, 0) is 41.3 Å². The monoisotopic (exact) mass is 287 g/mol. The Balaban J connectivity index is 2.13. The lowest BCUT2D eigenvalue weighted by Crippen LogP contribution is -2.59. The van der Waals surface area contributed by atoms with E-state index in [2.05, 4.69) is 21.2 Å². The molecule has 0 unspecified atom stereocenters. The third kappa shape index (κ3) is 1.73. The highest BCUT2D eigenvalue weighted by Gasteiger charge is 2.46. The molecule has 0 aromatic carbocycles. The molecule has 2 N–H and O–H groups in total. The van der Waals surface area contributed by atoms with Gasteiger partial charge in [0.1, 0.15) is 5.54 Å². The van der Waals surface area contributed by atoms with Gasteiger partial charge in [0, 0.05) is 0 Å². The fourth-order valence-electron chi connectivity index (χ4n) is 1.66. The number of rotatable bonds is 3. The normalized spacial score (nSPS) is 17.6.